The molecule has 0 saturated carbocycles. The molecule has 2 heteroatoms. The predicted octanol–water partition coefficient (Wildman–Crippen LogP) is 2.75. The summed E-state index contributed by atoms with van der Waals surface area (Å²) in [5, 5.41) is -0.278. The minimum atomic E-state index is -0.818. The van der Waals surface area contributed by atoms with Crippen LogP contribution in [0.2, 0.25) is 0 Å². The lowest BCUT2D eigenvalue weighted by Crippen LogP contribution is -2.12. The number of alkyl halides is 2. The molecule has 2 atom stereocenters. The minimum Gasteiger partial charge on any atom is -0.246 e. The maximum absolute atomic E-state index is 12.4. The lowest BCUT2D eigenvalue weighted by molar-refractivity contribution is 0.308. The Morgan fingerprint density at radius 2 is 1.88 bits per heavy atom. The van der Waals surface area contributed by atoms with Crippen molar-refractivity contribution in [1.29, 1.82) is 0 Å². The molecule has 0 aliphatic heterocycles. The fraction of sp³-hybridized carbons (Fsp3) is 1.00. The van der Waals surface area contributed by atoms with Gasteiger partial charge in [-0.1, -0.05) is 13.8 Å². The molecule has 2 unspecified atom stereocenters. The molecule has 0 aromatic rings. The van der Waals surface area contributed by atoms with Gasteiger partial charge in [0.25, 0.3) is 0 Å². The Balaban J connectivity index is 3.29. The summed E-state index contributed by atoms with van der Waals surface area (Å²) in [6.45, 7) is 3.69. The second kappa shape index (κ2) is 4.13. The Kier molecular flexibility index (Phi) is 4.25. The van der Waals surface area contributed by atoms with Gasteiger partial charge in [0.2, 0.25) is 0 Å². The summed E-state index contributed by atoms with van der Waals surface area (Å²) in [5.74, 6) is 0. The van der Waals surface area contributed by atoms with E-state index >= 15 is 0 Å². The Hall–Kier alpha value is 0.220. The van der Waals surface area contributed by atoms with Crippen molar-refractivity contribution in [1.82, 2.24) is 0 Å². The van der Waals surface area contributed by atoms with Gasteiger partial charge in [-0.15, -0.1) is 11.6 Å². The van der Waals surface area contributed by atoms with E-state index in [4.69, 9.17) is 11.6 Å². The highest BCUT2D eigenvalue weighted by Gasteiger charge is 2.12. The molecule has 0 fully saturated rings. The predicted molar refractivity (Wildman–Crippen MR) is 35.1 cm³/mol. The van der Waals surface area contributed by atoms with Crippen LogP contribution in [0.4, 0.5) is 4.39 Å². The van der Waals surface area contributed by atoms with Crippen molar-refractivity contribution in [3.05, 3.63) is 0 Å². The molecule has 0 aromatic carbocycles. The van der Waals surface area contributed by atoms with Gasteiger partial charge in [-0.2, -0.15) is 0 Å². The molecule has 0 amide bonds. The van der Waals surface area contributed by atoms with E-state index in [1.54, 1.807) is 6.92 Å². The third kappa shape index (κ3) is 2.51. The normalized spacial score (nSPS) is 18.0. The van der Waals surface area contributed by atoms with E-state index < -0.39 is 6.17 Å². The highest BCUT2D eigenvalue weighted by Crippen LogP contribution is 2.12. The number of rotatable bonds is 3. The monoisotopic (exact) mass is 138 g/mol. The van der Waals surface area contributed by atoms with Crippen LogP contribution in [0.5, 0.6) is 0 Å². The number of hydrogen-bond donors (Lipinski definition) is 0. The Bertz CT molecular complexity index is 48.5. The number of hydrogen-bond acceptors (Lipinski definition) is 0. The summed E-state index contributed by atoms with van der Waals surface area (Å²) in [4.78, 5) is 0. The van der Waals surface area contributed by atoms with Crippen molar-refractivity contribution < 1.29 is 4.39 Å². The number of halogens is 2. The van der Waals surface area contributed by atoms with Crippen LogP contribution in [0.1, 0.15) is 26.7 Å². The van der Waals surface area contributed by atoms with E-state index in [0.717, 1.165) is 6.42 Å². The van der Waals surface area contributed by atoms with Crippen molar-refractivity contribution in [3.63, 3.8) is 0 Å². The van der Waals surface area contributed by atoms with Gasteiger partial charge in [0, 0.05) is 0 Å². The molecule has 0 spiro atoms. The van der Waals surface area contributed by atoms with Crippen LogP contribution in [0, 0.1) is 0 Å². The maximum Gasteiger partial charge on any atom is 0.116 e. The van der Waals surface area contributed by atoms with Crippen LogP contribution in [-0.4, -0.2) is 11.5 Å². The third-order valence-electron chi connectivity index (χ3n) is 1.17. The zero-order valence-corrected chi connectivity index (χ0v) is 6.08. The van der Waals surface area contributed by atoms with Gasteiger partial charge in [0.1, 0.15) is 6.17 Å². The first-order valence-electron chi connectivity index (χ1n) is 3.00. The molecule has 0 rings (SSSR count). The van der Waals surface area contributed by atoms with Crippen LogP contribution < -0.4 is 0 Å². The maximum atomic E-state index is 12.4. The van der Waals surface area contributed by atoms with Gasteiger partial charge in [0.15, 0.2) is 0 Å². The summed E-state index contributed by atoms with van der Waals surface area (Å²) in [7, 11) is 0. The van der Waals surface area contributed by atoms with Crippen molar-refractivity contribution in [2.75, 3.05) is 0 Å². The van der Waals surface area contributed by atoms with Gasteiger partial charge < -0.3 is 0 Å². The van der Waals surface area contributed by atoms with Crippen LogP contribution in [0.3, 0.4) is 0 Å². The molecule has 0 N–H and O–H groups in total. The molecular formula is C6H12ClF. The van der Waals surface area contributed by atoms with Crippen molar-refractivity contribution in [2.45, 2.75) is 38.2 Å². The molecule has 50 valence electrons. The molecule has 0 aliphatic rings. The van der Waals surface area contributed by atoms with Crippen LogP contribution >= 0.6 is 11.6 Å². The van der Waals surface area contributed by atoms with E-state index in [-0.39, 0.29) is 5.38 Å². The first-order valence-corrected chi connectivity index (χ1v) is 3.44. The summed E-state index contributed by atoms with van der Waals surface area (Å²) in [6, 6.07) is 0. The quantitative estimate of drug-likeness (QED) is 0.526. The average molecular weight is 139 g/mol. The largest absolute Gasteiger partial charge is 0.246 e. The van der Waals surface area contributed by atoms with Crippen molar-refractivity contribution in [2.24, 2.45) is 0 Å². The lowest BCUT2D eigenvalue weighted by atomic mass is 10.2. The molecular weight excluding hydrogens is 127 g/mol. The summed E-state index contributed by atoms with van der Waals surface area (Å²) >= 11 is 5.54. The minimum absolute atomic E-state index is 0.278. The fourth-order valence-corrected chi connectivity index (χ4v) is 0.690. The van der Waals surface area contributed by atoms with E-state index in [9.17, 15) is 4.39 Å². The Morgan fingerprint density at radius 1 is 1.38 bits per heavy atom. The zero-order valence-electron chi connectivity index (χ0n) is 5.32. The second-order valence-corrected chi connectivity index (χ2v) is 2.41. The smallest absolute Gasteiger partial charge is 0.116 e. The average Bonchev–Trinajstić information content (AvgIpc) is 1.84. The fourth-order valence-electron chi connectivity index (χ4n) is 0.512. The van der Waals surface area contributed by atoms with Gasteiger partial charge in [-0.05, 0) is 12.8 Å². The Labute approximate surface area is 55.0 Å². The topological polar surface area (TPSA) is 0 Å². The van der Waals surface area contributed by atoms with Gasteiger partial charge in [-0.3, -0.25) is 0 Å². The molecule has 0 radical (unpaired) electrons. The highest BCUT2D eigenvalue weighted by atomic mass is 35.5. The summed E-state index contributed by atoms with van der Waals surface area (Å²) in [5.41, 5.74) is 0. The van der Waals surface area contributed by atoms with Crippen LogP contribution in [0.25, 0.3) is 0 Å². The van der Waals surface area contributed by atoms with E-state index in [2.05, 4.69) is 0 Å². The molecule has 0 aliphatic carbocycles. The van der Waals surface area contributed by atoms with E-state index in [1.165, 1.54) is 0 Å². The highest BCUT2D eigenvalue weighted by molar-refractivity contribution is 6.20. The SMILES string of the molecule is CCC(F)C(Cl)CC. The molecule has 8 heavy (non-hydrogen) atoms. The third-order valence-corrected chi connectivity index (χ3v) is 1.75. The standard InChI is InChI=1S/C6H12ClF/c1-3-5(7)6(8)4-2/h5-6H,3-4H2,1-2H3. The van der Waals surface area contributed by atoms with Gasteiger partial charge in [0.05, 0.1) is 5.38 Å². The molecule has 0 nitrogen and oxygen atoms in total. The first-order chi connectivity index (χ1) is 3.72. The molecule has 0 bridgehead atoms. The van der Waals surface area contributed by atoms with Crippen molar-refractivity contribution in [3.8, 4) is 0 Å². The van der Waals surface area contributed by atoms with Crippen LogP contribution in [-0.2, 0) is 0 Å². The first kappa shape index (κ1) is 8.22. The Morgan fingerprint density at radius 3 is 2.00 bits per heavy atom. The molecule has 0 aromatic heterocycles. The van der Waals surface area contributed by atoms with Crippen molar-refractivity contribution >= 4 is 11.6 Å². The van der Waals surface area contributed by atoms with Gasteiger partial charge in [-0.25, -0.2) is 4.39 Å². The van der Waals surface area contributed by atoms with Gasteiger partial charge >= 0.3 is 0 Å². The van der Waals surface area contributed by atoms with E-state index in [1.807, 2.05) is 6.92 Å². The van der Waals surface area contributed by atoms with Crippen LogP contribution in [0.15, 0.2) is 0 Å². The zero-order chi connectivity index (χ0) is 6.57. The molecule has 0 heterocycles. The lowest BCUT2D eigenvalue weighted by Gasteiger charge is -2.08. The molecule has 0 saturated heterocycles. The second-order valence-electron chi connectivity index (χ2n) is 1.85. The summed E-state index contributed by atoms with van der Waals surface area (Å²) in [6.07, 6.45) is 0.431. The van der Waals surface area contributed by atoms with E-state index in [0.29, 0.717) is 6.42 Å². The summed E-state index contributed by atoms with van der Waals surface area (Å²) < 4.78 is 12.4.